The van der Waals surface area contributed by atoms with Crippen LogP contribution in [0.15, 0.2) is 34.7 Å². The van der Waals surface area contributed by atoms with Crippen molar-refractivity contribution in [2.75, 3.05) is 12.4 Å². The first-order chi connectivity index (χ1) is 8.69. The lowest BCUT2D eigenvalue weighted by molar-refractivity contribution is 0.755. The van der Waals surface area contributed by atoms with Crippen LogP contribution in [0.2, 0.25) is 0 Å². The number of rotatable bonds is 4. The monoisotopic (exact) mass is 261 g/mol. The van der Waals surface area contributed by atoms with Crippen molar-refractivity contribution in [1.82, 2.24) is 19.9 Å². The molecule has 18 heavy (non-hydrogen) atoms. The van der Waals surface area contributed by atoms with Crippen molar-refractivity contribution in [1.29, 1.82) is 0 Å². The summed E-state index contributed by atoms with van der Waals surface area (Å²) in [6, 6.07) is 3.78. The van der Waals surface area contributed by atoms with Gasteiger partial charge in [-0.05, 0) is 17.8 Å². The summed E-state index contributed by atoms with van der Waals surface area (Å²) in [7, 11) is 1.85. The molecule has 0 saturated carbocycles. The van der Waals surface area contributed by atoms with Crippen molar-refractivity contribution in [3.05, 3.63) is 30.5 Å². The average molecular weight is 261 g/mol. The summed E-state index contributed by atoms with van der Waals surface area (Å²) in [5.41, 5.74) is 0. The predicted molar refractivity (Wildman–Crippen MR) is 71.8 cm³/mol. The van der Waals surface area contributed by atoms with E-state index in [1.807, 2.05) is 19.2 Å². The van der Waals surface area contributed by atoms with Crippen LogP contribution >= 0.6 is 11.8 Å². The van der Waals surface area contributed by atoms with Gasteiger partial charge in [0.2, 0.25) is 0 Å². The lowest BCUT2D eigenvalue weighted by Gasteiger charge is -2.09. The van der Waals surface area contributed by atoms with Gasteiger partial charge in [-0.1, -0.05) is 13.8 Å². The molecule has 0 saturated heterocycles. The van der Waals surface area contributed by atoms with Crippen molar-refractivity contribution < 1.29 is 0 Å². The van der Waals surface area contributed by atoms with Gasteiger partial charge >= 0.3 is 0 Å². The molecule has 2 rings (SSSR count). The van der Waals surface area contributed by atoms with Crippen molar-refractivity contribution >= 4 is 17.6 Å². The molecule has 0 fully saturated rings. The zero-order valence-electron chi connectivity index (χ0n) is 10.6. The maximum atomic E-state index is 4.53. The lowest BCUT2D eigenvalue weighted by atomic mass is 10.2. The Balaban J connectivity index is 2.30. The van der Waals surface area contributed by atoms with Crippen LogP contribution < -0.4 is 5.32 Å². The van der Waals surface area contributed by atoms with Crippen LogP contribution in [0.5, 0.6) is 0 Å². The smallest absolute Gasteiger partial charge is 0.134 e. The van der Waals surface area contributed by atoms with Gasteiger partial charge in [0.1, 0.15) is 28.0 Å². The number of nitrogens with one attached hydrogen (secondary N) is 1. The molecule has 0 unspecified atom stereocenters. The highest BCUT2D eigenvalue weighted by molar-refractivity contribution is 7.99. The van der Waals surface area contributed by atoms with E-state index in [9.17, 15) is 0 Å². The SMILES string of the molecule is CNc1cc(Sc2ccncn2)nc(C(C)C)n1. The van der Waals surface area contributed by atoms with E-state index in [4.69, 9.17) is 0 Å². The standard InChI is InChI=1S/C12H15N5S/c1-8(2)12-16-9(13-3)6-11(17-12)18-10-4-5-14-7-15-10/h4-8H,1-3H3,(H,13,16,17). The fourth-order valence-electron chi connectivity index (χ4n) is 1.33. The second kappa shape index (κ2) is 5.77. The van der Waals surface area contributed by atoms with Gasteiger partial charge in [-0.25, -0.2) is 19.9 Å². The normalized spacial score (nSPS) is 10.7. The maximum absolute atomic E-state index is 4.53. The molecule has 6 heteroatoms. The number of nitrogens with zero attached hydrogens (tertiary/aromatic N) is 4. The zero-order chi connectivity index (χ0) is 13.0. The Hall–Kier alpha value is -1.69. The number of aromatic nitrogens is 4. The predicted octanol–water partition coefficient (Wildman–Crippen LogP) is 2.58. The van der Waals surface area contributed by atoms with E-state index >= 15 is 0 Å². The van der Waals surface area contributed by atoms with Crippen molar-refractivity contribution in [2.24, 2.45) is 0 Å². The number of hydrogen-bond donors (Lipinski definition) is 1. The van der Waals surface area contributed by atoms with Crippen molar-refractivity contribution in [2.45, 2.75) is 29.8 Å². The molecule has 0 aliphatic heterocycles. The summed E-state index contributed by atoms with van der Waals surface area (Å²) in [5.74, 6) is 1.95. The second-order valence-corrected chi connectivity index (χ2v) is 5.04. The van der Waals surface area contributed by atoms with Crippen LogP contribution in [-0.2, 0) is 0 Å². The third kappa shape index (κ3) is 3.16. The Morgan fingerprint density at radius 3 is 2.67 bits per heavy atom. The van der Waals surface area contributed by atoms with Crippen LogP contribution in [0.3, 0.4) is 0 Å². The zero-order valence-corrected chi connectivity index (χ0v) is 11.4. The summed E-state index contributed by atoms with van der Waals surface area (Å²) in [6.07, 6.45) is 3.25. The molecule has 1 N–H and O–H groups in total. The highest BCUT2D eigenvalue weighted by Gasteiger charge is 2.09. The van der Waals surface area contributed by atoms with E-state index in [-0.39, 0.29) is 0 Å². The molecule has 0 radical (unpaired) electrons. The number of anilines is 1. The van der Waals surface area contributed by atoms with Gasteiger partial charge in [0, 0.05) is 25.2 Å². The molecule has 0 spiro atoms. The van der Waals surface area contributed by atoms with Crippen LogP contribution in [0.1, 0.15) is 25.6 Å². The Morgan fingerprint density at radius 1 is 1.22 bits per heavy atom. The molecule has 2 aromatic heterocycles. The molecule has 2 aromatic rings. The van der Waals surface area contributed by atoms with E-state index in [2.05, 4.69) is 39.1 Å². The Kier molecular flexibility index (Phi) is 4.09. The lowest BCUT2D eigenvalue weighted by Crippen LogP contribution is -2.02. The summed E-state index contributed by atoms with van der Waals surface area (Å²) in [4.78, 5) is 17.0. The van der Waals surface area contributed by atoms with E-state index in [0.717, 1.165) is 21.7 Å². The third-order valence-electron chi connectivity index (χ3n) is 2.26. The van der Waals surface area contributed by atoms with Gasteiger partial charge < -0.3 is 5.32 Å². The van der Waals surface area contributed by atoms with Gasteiger partial charge in [-0.2, -0.15) is 0 Å². The van der Waals surface area contributed by atoms with Crippen molar-refractivity contribution in [3.8, 4) is 0 Å². The number of hydrogen-bond acceptors (Lipinski definition) is 6. The summed E-state index contributed by atoms with van der Waals surface area (Å²) in [6.45, 7) is 4.15. The first-order valence-electron chi connectivity index (χ1n) is 5.69. The average Bonchev–Trinajstić information content (AvgIpc) is 2.39. The molecule has 0 aliphatic rings. The van der Waals surface area contributed by atoms with Crippen LogP contribution in [0, 0.1) is 0 Å². The molecule has 0 atom stereocenters. The third-order valence-corrected chi connectivity index (χ3v) is 3.13. The fourth-order valence-corrected chi connectivity index (χ4v) is 2.08. The van der Waals surface area contributed by atoms with Gasteiger partial charge in [-0.3, -0.25) is 0 Å². The minimum absolute atomic E-state index is 0.294. The van der Waals surface area contributed by atoms with E-state index < -0.39 is 0 Å². The first kappa shape index (κ1) is 12.8. The summed E-state index contributed by atoms with van der Waals surface area (Å²) < 4.78 is 0. The highest BCUT2D eigenvalue weighted by atomic mass is 32.2. The minimum atomic E-state index is 0.294. The molecule has 2 heterocycles. The largest absolute Gasteiger partial charge is 0.373 e. The van der Waals surface area contributed by atoms with E-state index in [1.54, 1.807) is 6.20 Å². The van der Waals surface area contributed by atoms with E-state index in [1.165, 1.54) is 18.1 Å². The van der Waals surface area contributed by atoms with Gasteiger partial charge in [0.25, 0.3) is 0 Å². The molecule has 0 aromatic carbocycles. The Morgan fingerprint density at radius 2 is 2.06 bits per heavy atom. The van der Waals surface area contributed by atoms with Crippen LogP contribution in [-0.4, -0.2) is 27.0 Å². The first-order valence-corrected chi connectivity index (χ1v) is 6.51. The topological polar surface area (TPSA) is 63.6 Å². The van der Waals surface area contributed by atoms with Crippen LogP contribution in [0.25, 0.3) is 0 Å². The molecule has 0 aliphatic carbocycles. The molecule has 5 nitrogen and oxygen atoms in total. The Labute approximate surface area is 110 Å². The van der Waals surface area contributed by atoms with Crippen molar-refractivity contribution in [3.63, 3.8) is 0 Å². The molecule has 0 amide bonds. The second-order valence-electron chi connectivity index (χ2n) is 4.00. The highest BCUT2D eigenvalue weighted by Crippen LogP contribution is 2.26. The van der Waals surface area contributed by atoms with Gasteiger partial charge in [0.05, 0.1) is 0 Å². The summed E-state index contributed by atoms with van der Waals surface area (Å²) in [5, 5.41) is 4.81. The Bertz CT molecular complexity index is 515. The molecular weight excluding hydrogens is 246 g/mol. The maximum Gasteiger partial charge on any atom is 0.134 e. The van der Waals surface area contributed by atoms with E-state index in [0.29, 0.717) is 5.92 Å². The minimum Gasteiger partial charge on any atom is -0.373 e. The fraction of sp³-hybridized carbons (Fsp3) is 0.333. The van der Waals surface area contributed by atoms with Gasteiger partial charge in [-0.15, -0.1) is 0 Å². The molecule has 0 bridgehead atoms. The molecule has 94 valence electrons. The molecular formula is C12H15N5S. The van der Waals surface area contributed by atoms with Gasteiger partial charge in [0.15, 0.2) is 0 Å². The quantitative estimate of drug-likeness (QED) is 0.853. The van der Waals surface area contributed by atoms with Crippen LogP contribution in [0.4, 0.5) is 5.82 Å². The summed E-state index contributed by atoms with van der Waals surface area (Å²) >= 11 is 1.51.